The number of anilines is 1. The number of hydrogen-bond acceptors (Lipinski definition) is 8. The molecule has 9 heteroatoms. The lowest BCUT2D eigenvalue weighted by Gasteiger charge is -2.37. The fourth-order valence-corrected chi connectivity index (χ4v) is 3.71. The first kappa shape index (κ1) is 18.5. The fraction of sp³-hybridized carbons (Fsp3) is 0.722. The molecule has 0 atom stereocenters. The summed E-state index contributed by atoms with van der Waals surface area (Å²) in [6.07, 6.45) is 3.04. The number of carbonyl (C=O) groups is 1. The van der Waals surface area contributed by atoms with Crippen molar-refractivity contribution in [3.05, 3.63) is 18.0 Å². The van der Waals surface area contributed by atoms with Gasteiger partial charge >= 0.3 is 0 Å². The topological polar surface area (TPSA) is 89.1 Å². The highest BCUT2D eigenvalue weighted by Crippen LogP contribution is 2.31. The second-order valence-corrected chi connectivity index (χ2v) is 7.05. The SMILES string of the molecule is O=C(c1ccnc(NCCN2CCOCC2)n1)N1CCC2(CC1)OCCO2. The zero-order valence-electron chi connectivity index (χ0n) is 15.6. The number of nitrogens with one attached hydrogen (secondary N) is 1. The Kier molecular flexibility index (Phi) is 5.82. The maximum absolute atomic E-state index is 12.8. The lowest BCUT2D eigenvalue weighted by molar-refractivity contribution is -0.181. The standard InChI is InChI=1S/C18H27N5O4/c24-16(23-6-2-18(3-7-23)26-13-14-27-18)15-1-4-19-17(21-15)20-5-8-22-9-11-25-12-10-22/h1,4H,2-3,5-14H2,(H,19,20,21). The first-order valence-corrected chi connectivity index (χ1v) is 9.68. The van der Waals surface area contributed by atoms with Crippen LogP contribution in [0.4, 0.5) is 5.95 Å². The van der Waals surface area contributed by atoms with Crippen molar-refractivity contribution in [2.75, 3.05) is 71.0 Å². The summed E-state index contributed by atoms with van der Waals surface area (Å²) in [6, 6.07) is 1.67. The normalized spacial score (nSPS) is 22.9. The fourth-order valence-electron chi connectivity index (χ4n) is 3.71. The Labute approximate surface area is 159 Å². The van der Waals surface area contributed by atoms with E-state index < -0.39 is 5.79 Å². The molecule has 1 N–H and O–H groups in total. The number of ether oxygens (including phenoxy) is 3. The molecule has 0 unspecified atom stereocenters. The molecule has 0 radical (unpaired) electrons. The van der Waals surface area contributed by atoms with E-state index in [4.69, 9.17) is 14.2 Å². The molecule has 148 valence electrons. The zero-order valence-corrected chi connectivity index (χ0v) is 15.6. The number of likely N-dealkylation sites (tertiary alicyclic amines) is 1. The van der Waals surface area contributed by atoms with Gasteiger partial charge in [0.25, 0.3) is 5.91 Å². The van der Waals surface area contributed by atoms with Crippen molar-refractivity contribution in [2.45, 2.75) is 18.6 Å². The molecule has 9 nitrogen and oxygen atoms in total. The van der Waals surface area contributed by atoms with Crippen LogP contribution in [0.5, 0.6) is 0 Å². The van der Waals surface area contributed by atoms with E-state index in [0.29, 0.717) is 50.8 Å². The van der Waals surface area contributed by atoms with Crippen molar-refractivity contribution in [1.29, 1.82) is 0 Å². The number of rotatable bonds is 5. The van der Waals surface area contributed by atoms with E-state index in [1.807, 2.05) is 4.90 Å². The van der Waals surface area contributed by atoms with E-state index in [9.17, 15) is 4.79 Å². The second kappa shape index (κ2) is 8.47. The van der Waals surface area contributed by atoms with Gasteiger partial charge in [-0.2, -0.15) is 0 Å². The van der Waals surface area contributed by atoms with Gasteiger partial charge in [-0.25, -0.2) is 9.97 Å². The third-order valence-corrected chi connectivity index (χ3v) is 5.32. The summed E-state index contributed by atoms with van der Waals surface area (Å²) in [5, 5.41) is 3.21. The van der Waals surface area contributed by atoms with Crippen molar-refractivity contribution in [3.8, 4) is 0 Å². The van der Waals surface area contributed by atoms with Crippen LogP contribution in [0.25, 0.3) is 0 Å². The Morgan fingerprint density at radius 3 is 2.59 bits per heavy atom. The van der Waals surface area contributed by atoms with Crippen LogP contribution in [0.15, 0.2) is 12.3 Å². The van der Waals surface area contributed by atoms with Crippen LogP contribution < -0.4 is 5.32 Å². The number of nitrogens with zero attached hydrogens (tertiary/aromatic N) is 4. The van der Waals surface area contributed by atoms with Crippen LogP contribution >= 0.6 is 0 Å². The van der Waals surface area contributed by atoms with E-state index in [0.717, 1.165) is 39.4 Å². The molecule has 3 fully saturated rings. The maximum Gasteiger partial charge on any atom is 0.272 e. The highest BCUT2D eigenvalue weighted by atomic mass is 16.7. The van der Waals surface area contributed by atoms with Gasteiger partial charge in [-0.1, -0.05) is 0 Å². The summed E-state index contributed by atoms with van der Waals surface area (Å²) in [5.74, 6) is -0.0548. The van der Waals surface area contributed by atoms with Gasteiger partial charge in [0.15, 0.2) is 5.79 Å². The molecule has 1 aromatic rings. The highest BCUT2D eigenvalue weighted by molar-refractivity contribution is 5.92. The molecule has 4 rings (SSSR count). The summed E-state index contributed by atoms with van der Waals surface area (Å²) in [5.41, 5.74) is 0.420. The Bertz CT molecular complexity index is 636. The monoisotopic (exact) mass is 377 g/mol. The Hall–Kier alpha value is -1.81. The first-order valence-electron chi connectivity index (χ1n) is 9.68. The molecule has 3 aliphatic rings. The van der Waals surface area contributed by atoms with Gasteiger partial charge in [0.05, 0.1) is 26.4 Å². The summed E-state index contributed by atoms with van der Waals surface area (Å²) in [4.78, 5) is 25.6. The molecule has 1 spiro atoms. The molecule has 3 aliphatic heterocycles. The molecule has 0 aromatic carbocycles. The van der Waals surface area contributed by atoms with E-state index in [2.05, 4.69) is 20.2 Å². The van der Waals surface area contributed by atoms with Gasteiger partial charge in [-0.15, -0.1) is 0 Å². The quantitative estimate of drug-likeness (QED) is 0.779. The van der Waals surface area contributed by atoms with Gasteiger partial charge in [-0.3, -0.25) is 9.69 Å². The predicted molar refractivity (Wildman–Crippen MR) is 97.6 cm³/mol. The number of carbonyl (C=O) groups excluding carboxylic acids is 1. The average Bonchev–Trinajstić information content (AvgIpc) is 3.17. The molecular weight excluding hydrogens is 350 g/mol. The van der Waals surface area contributed by atoms with Crippen molar-refractivity contribution in [1.82, 2.24) is 19.8 Å². The zero-order chi connectivity index (χ0) is 18.5. The molecule has 0 saturated carbocycles. The van der Waals surface area contributed by atoms with Gasteiger partial charge in [0.2, 0.25) is 5.95 Å². The maximum atomic E-state index is 12.8. The van der Waals surface area contributed by atoms with Gasteiger partial charge in [0, 0.05) is 58.3 Å². The molecule has 1 amide bonds. The Morgan fingerprint density at radius 1 is 1.11 bits per heavy atom. The number of hydrogen-bond donors (Lipinski definition) is 1. The molecule has 1 aromatic heterocycles. The third-order valence-electron chi connectivity index (χ3n) is 5.32. The minimum Gasteiger partial charge on any atom is -0.379 e. The molecule has 3 saturated heterocycles. The van der Waals surface area contributed by atoms with Crippen LogP contribution in [0, 0.1) is 0 Å². The van der Waals surface area contributed by atoms with E-state index in [1.54, 1.807) is 12.3 Å². The Morgan fingerprint density at radius 2 is 1.85 bits per heavy atom. The minimum atomic E-state index is -0.478. The van der Waals surface area contributed by atoms with Crippen LogP contribution in [0.3, 0.4) is 0 Å². The summed E-state index contributed by atoms with van der Waals surface area (Å²) in [7, 11) is 0. The van der Waals surface area contributed by atoms with Crippen LogP contribution in [0.1, 0.15) is 23.3 Å². The van der Waals surface area contributed by atoms with E-state index in [1.165, 1.54) is 0 Å². The molecular formula is C18H27N5O4. The summed E-state index contributed by atoms with van der Waals surface area (Å²) in [6.45, 7) is 7.61. The molecule has 0 aliphatic carbocycles. The van der Waals surface area contributed by atoms with Gasteiger partial charge < -0.3 is 24.4 Å². The van der Waals surface area contributed by atoms with E-state index >= 15 is 0 Å². The second-order valence-electron chi connectivity index (χ2n) is 7.05. The van der Waals surface area contributed by atoms with Crippen molar-refractivity contribution < 1.29 is 19.0 Å². The Balaban J connectivity index is 1.28. The summed E-state index contributed by atoms with van der Waals surface area (Å²) >= 11 is 0. The van der Waals surface area contributed by atoms with Gasteiger partial charge in [-0.05, 0) is 6.07 Å². The average molecular weight is 377 g/mol. The molecule has 0 bridgehead atoms. The third kappa shape index (κ3) is 4.55. The van der Waals surface area contributed by atoms with Crippen molar-refractivity contribution >= 4 is 11.9 Å². The van der Waals surface area contributed by atoms with E-state index in [-0.39, 0.29) is 5.91 Å². The molecule has 27 heavy (non-hydrogen) atoms. The van der Waals surface area contributed by atoms with Crippen LogP contribution in [-0.4, -0.2) is 97.2 Å². The number of aromatic nitrogens is 2. The predicted octanol–water partition coefficient (Wildman–Crippen LogP) is 0.200. The smallest absolute Gasteiger partial charge is 0.272 e. The molecule has 4 heterocycles. The number of piperidine rings is 1. The number of morpholine rings is 1. The largest absolute Gasteiger partial charge is 0.379 e. The number of amides is 1. The first-order chi connectivity index (χ1) is 13.2. The van der Waals surface area contributed by atoms with Crippen LogP contribution in [0.2, 0.25) is 0 Å². The minimum absolute atomic E-state index is 0.0681. The lowest BCUT2D eigenvalue weighted by atomic mass is 10.0. The summed E-state index contributed by atoms with van der Waals surface area (Å²) < 4.78 is 16.8. The highest BCUT2D eigenvalue weighted by Gasteiger charge is 2.41. The van der Waals surface area contributed by atoms with Gasteiger partial charge in [0.1, 0.15) is 5.69 Å². The van der Waals surface area contributed by atoms with Crippen molar-refractivity contribution in [2.24, 2.45) is 0 Å². The lowest BCUT2D eigenvalue weighted by Crippen LogP contribution is -2.47. The van der Waals surface area contributed by atoms with Crippen LogP contribution in [-0.2, 0) is 14.2 Å². The van der Waals surface area contributed by atoms with Crippen molar-refractivity contribution in [3.63, 3.8) is 0 Å².